The van der Waals surface area contributed by atoms with Crippen molar-refractivity contribution in [3.05, 3.63) is 0 Å². The molecule has 0 unspecified atom stereocenters. The summed E-state index contributed by atoms with van der Waals surface area (Å²) in [6, 6.07) is 0.674. The summed E-state index contributed by atoms with van der Waals surface area (Å²) in [4.78, 5) is 2.41. The predicted octanol–water partition coefficient (Wildman–Crippen LogP) is 4.06. The molecular formula is C16H36N2. The van der Waals surface area contributed by atoms with Crippen molar-refractivity contribution in [3.63, 3.8) is 0 Å². The topological polar surface area (TPSA) is 15.3 Å². The van der Waals surface area contributed by atoms with Crippen molar-refractivity contribution in [2.45, 2.75) is 78.2 Å². The highest BCUT2D eigenvalue weighted by Gasteiger charge is 2.01. The number of hydrogen-bond acceptors (Lipinski definition) is 2. The first kappa shape index (κ1) is 17.9. The van der Waals surface area contributed by atoms with Crippen LogP contribution < -0.4 is 5.32 Å². The fourth-order valence-electron chi connectivity index (χ4n) is 2.04. The van der Waals surface area contributed by atoms with Gasteiger partial charge in [0.1, 0.15) is 0 Å². The van der Waals surface area contributed by atoms with E-state index in [4.69, 9.17) is 0 Å². The average Bonchev–Trinajstić information content (AvgIpc) is 2.35. The fourth-order valence-corrected chi connectivity index (χ4v) is 2.04. The molecule has 110 valence electrons. The number of nitrogens with one attached hydrogen (secondary N) is 1. The minimum atomic E-state index is 0.674. The van der Waals surface area contributed by atoms with Crippen molar-refractivity contribution >= 4 is 0 Å². The molecule has 0 aliphatic carbocycles. The van der Waals surface area contributed by atoms with E-state index in [2.05, 4.69) is 38.0 Å². The van der Waals surface area contributed by atoms with Gasteiger partial charge in [-0.15, -0.1) is 0 Å². The molecule has 0 aliphatic heterocycles. The summed E-state index contributed by atoms with van der Waals surface area (Å²) in [6.45, 7) is 10.4. The second-order valence-electron chi connectivity index (χ2n) is 5.80. The van der Waals surface area contributed by atoms with E-state index in [1.54, 1.807) is 0 Å². The van der Waals surface area contributed by atoms with Gasteiger partial charge in [-0.05, 0) is 53.4 Å². The molecule has 0 rings (SSSR count). The molecule has 2 heteroatoms. The quantitative estimate of drug-likeness (QED) is 0.500. The van der Waals surface area contributed by atoms with Crippen LogP contribution in [0.2, 0.25) is 0 Å². The maximum atomic E-state index is 3.56. The minimum absolute atomic E-state index is 0.674. The van der Waals surface area contributed by atoms with Gasteiger partial charge < -0.3 is 10.2 Å². The molecule has 0 aliphatic rings. The number of rotatable bonds is 13. The Morgan fingerprint density at radius 2 is 1.39 bits per heavy atom. The maximum Gasteiger partial charge on any atom is 0.00355 e. The van der Waals surface area contributed by atoms with Crippen LogP contribution >= 0.6 is 0 Å². The van der Waals surface area contributed by atoms with Gasteiger partial charge >= 0.3 is 0 Å². The van der Waals surface area contributed by atoms with Gasteiger partial charge in [-0.25, -0.2) is 0 Å². The Hall–Kier alpha value is -0.0800. The van der Waals surface area contributed by atoms with Gasteiger partial charge in [0.15, 0.2) is 0 Å². The zero-order valence-corrected chi connectivity index (χ0v) is 13.3. The molecule has 0 amide bonds. The fraction of sp³-hybridized carbons (Fsp3) is 1.00. The summed E-state index contributed by atoms with van der Waals surface area (Å²) in [5.74, 6) is 0. The molecule has 2 nitrogen and oxygen atoms in total. The lowest BCUT2D eigenvalue weighted by Crippen LogP contribution is -2.29. The molecule has 1 N–H and O–H groups in total. The summed E-state index contributed by atoms with van der Waals surface area (Å²) in [7, 11) is 2.21. The molecule has 0 saturated heterocycles. The van der Waals surface area contributed by atoms with Crippen LogP contribution in [0.5, 0.6) is 0 Å². The predicted molar refractivity (Wildman–Crippen MR) is 83.2 cm³/mol. The second-order valence-corrected chi connectivity index (χ2v) is 5.80. The molecule has 0 heterocycles. The minimum Gasteiger partial charge on any atom is -0.317 e. The van der Waals surface area contributed by atoms with Gasteiger partial charge in [0.05, 0.1) is 0 Å². The third-order valence-corrected chi connectivity index (χ3v) is 3.70. The summed E-state index contributed by atoms with van der Waals surface area (Å²) < 4.78 is 0. The first-order valence-electron chi connectivity index (χ1n) is 8.09. The van der Waals surface area contributed by atoms with Crippen LogP contribution in [0.15, 0.2) is 0 Å². The Labute approximate surface area is 116 Å². The van der Waals surface area contributed by atoms with Crippen LogP contribution in [-0.2, 0) is 0 Å². The molecule has 0 aromatic rings. The summed E-state index contributed by atoms with van der Waals surface area (Å²) >= 11 is 0. The van der Waals surface area contributed by atoms with Crippen LogP contribution in [0.4, 0.5) is 0 Å². The Bertz CT molecular complexity index is 157. The lowest BCUT2D eigenvalue weighted by atomic mass is 10.1. The molecule has 0 aromatic heterocycles. The van der Waals surface area contributed by atoms with Gasteiger partial charge in [0, 0.05) is 6.04 Å². The molecule has 0 saturated carbocycles. The van der Waals surface area contributed by atoms with Gasteiger partial charge in [0.2, 0.25) is 0 Å². The van der Waals surface area contributed by atoms with Crippen molar-refractivity contribution in [3.8, 4) is 0 Å². The molecule has 0 bridgehead atoms. The Morgan fingerprint density at radius 3 is 2.00 bits per heavy atom. The largest absolute Gasteiger partial charge is 0.317 e. The first-order chi connectivity index (χ1) is 8.68. The van der Waals surface area contributed by atoms with Crippen LogP contribution in [0.25, 0.3) is 0 Å². The molecule has 0 spiro atoms. The zero-order valence-electron chi connectivity index (χ0n) is 13.3. The van der Waals surface area contributed by atoms with E-state index in [0.717, 1.165) is 0 Å². The van der Waals surface area contributed by atoms with E-state index in [-0.39, 0.29) is 0 Å². The third-order valence-electron chi connectivity index (χ3n) is 3.70. The lowest BCUT2D eigenvalue weighted by molar-refractivity contribution is 0.269. The Morgan fingerprint density at radius 1 is 0.833 bits per heavy atom. The lowest BCUT2D eigenvalue weighted by Gasteiger charge is -2.20. The second kappa shape index (κ2) is 13.4. The van der Waals surface area contributed by atoms with E-state index in [1.165, 1.54) is 71.0 Å². The van der Waals surface area contributed by atoms with E-state index in [0.29, 0.717) is 6.04 Å². The molecular weight excluding hydrogens is 220 g/mol. The Balaban J connectivity index is 3.03. The van der Waals surface area contributed by atoms with Crippen LogP contribution in [-0.4, -0.2) is 37.6 Å². The van der Waals surface area contributed by atoms with Crippen LogP contribution in [0.1, 0.15) is 72.1 Å². The van der Waals surface area contributed by atoms with Crippen molar-refractivity contribution in [2.24, 2.45) is 0 Å². The SMILES string of the molecule is CCCCCCCCCNCCCN(C)C(C)C. The van der Waals surface area contributed by atoms with E-state index in [9.17, 15) is 0 Å². The molecule has 18 heavy (non-hydrogen) atoms. The van der Waals surface area contributed by atoms with Crippen LogP contribution in [0.3, 0.4) is 0 Å². The van der Waals surface area contributed by atoms with Crippen molar-refractivity contribution in [1.29, 1.82) is 0 Å². The molecule has 0 fully saturated rings. The number of unbranched alkanes of at least 4 members (excludes halogenated alkanes) is 6. The zero-order chi connectivity index (χ0) is 13.6. The highest BCUT2D eigenvalue weighted by atomic mass is 15.1. The highest BCUT2D eigenvalue weighted by Crippen LogP contribution is 2.06. The van der Waals surface area contributed by atoms with Crippen LogP contribution in [0, 0.1) is 0 Å². The van der Waals surface area contributed by atoms with Crippen molar-refractivity contribution < 1.29 is 0 Å². The molecule has 0 radical (unpaired) electrons. The first-order valence-corrected chi connectivity index (χ1v) is 8.09. The monoisotopic (exact) mass is 256 g/mol. The van der Waals surface area contributed by atoms with E-state index in [1.807, 2.05) is 0 Å². The highest BCUT2D eigenvalue weighted by molar-refractivity contribution is 4.58. The number of hydrogen-bond donors (Lipinski definition) is 1. The summed E-state index contributed by atoms with van der Waals surface area (Å²) in [5, 5.41) is 3.56. The van der Waals surface area contributed by atoms with Crippen molar-refractivity contribution in [1.82, 2.24) is 10.2 Å². The van der Waals surface area contributed by atoms with Gasteiger partial charge in [0.25, 0.3) is 0 Å². The van der Waals surface area contributed by atoms with Crippen molar-refractivity contribution in [2.75, 3.05) is 26.7 Å². The van der Waals surface area contributed by atoms with E-state index < -0.39 is 0 Å². The standard InChI is InChI=1S/C16H36N2/c1-5-6-7-8-9-10-11-13-17-14-12-15-18(4)16(2)3/h16-17H,5-15H2,1-4H3. The van der Waals surface area contributed by atoms with E-state index >= 15 is 0 Å². The molecule has 0 atom stereocenters. The Kier molecular flexibility index (Phi) is 13.3. The maximum absolute atomic E-state index is 3.56. The van der Waals surface area contributed by atoms with Gasteiger partial charge in [-0.2, -0.15) is 0 Å². The smallest absolute Gasteiger partial charge is 0.00355 e. The van der Waals surface area contributed by atoms with Gasteiger partial charge in [-0.1, -0.05) is 45.4 Å². The average molecular weight is 256 g/mol. The molecule has 0 aromatic carbocycles. The van der Waals surface area contributed by atoms with Gasteiger partial charge in [-0.3, -0.25) is 0 Å². The summed E-state index contributed by atoms with van der Waals surface area (Å²) in [5.41, 5.74) is 0. The number of nitrogens with zero attached hydrogens (tertiary/aromatic N) is 1. The third kappa shape index (κ3) is 12.4. The summed E-state index contributed by atoms with van der Waals surface area (Å²) in [6.07, 6.45) is 11.1. The normalized spacial score (nSPS) is 11.7.